The Kier molecular flexibility index (Phi) is 10.7. The highest BCUT2D eigenvalue weighted by atomic mass is 35.5. The van der Waals surface area contributed by atoms with Crippen molar-refractivity contribution in [2.75, 3.05) is 33.2 Å². The van der Waals surface area contributed by atoms with Crippen molar-refractivity contribution in [1.29, 1.82) is 0 Å². The van der Waals surface area contributed by atoms with Gasteiger partial charge in [0.1, 0.15) is 0 Å². The first-order valence-electron chi connectivity index (χ1n) is 14.8. The first-order valence-corrected chi connectivity index (χ1v) is 15.2. The van der Waals surface area contributed by atoms with Gasteiger partial charge in [-0.2, -0.15) is 0 Å². The van der Waals surface area contributed by atoms with E-state index in [0.29, 0.717) is 43.4 Å². The third kappa shape index (κ3) is 8.09. The number of halogens is 1. The lowest BCUT2D eigenvalue weighted by Crippen LogP contribution is -2.54. The summed E-state index contributed by atoms with van der Waals surface area (Å²) in [6.07, 6.45) is 12.3. The van der Waals surface area contributed by atoms with Gasteiger partial charge in [0.05, 0.1) is 5.60 Å². The van der Waals surface area contributed by atoms with Crippen molar-refractivity contribution in [2.45, 2.75) is 88.7 Å². The van der Waals surface area contributed by atoms with Crippen LogP contribution in [0.2, 0.25) is 5.02 Å². The predicted octanol–water partition coefficient (Wildman–Crippen LogP) is 4.81. The molecule has 8 heteroatoms. The molecule has 0 radical (unpaired) electrons. The number of nitrogens with one attached hydrogen (secondary N) is 3. The summed E-state index contributed by atoms with van der Waals surface area (Å²) in [7, 11) is 1.94. The fourth-order valence-electron chi connectivity index (χ4n) is 6.48. The number of benzene rings is 1. The normalized spacial score (nSPS) is 22.9. The van der Waals surface area contributed by atoms with E-state index in [1.165, 1.54) is 32.1 Å². The lowest BCUT2D eigenvalue weighted by molar-refractivity contribution is -0.122. The number of piperidine rings is 1. The highest BCUT2D eigenvalue weighted by Gasteiger charge is 2.41. The minimum absolute atomic E-state index is 0.0316. The van der Waals surface area contributed by atoms with Gasteiger partial charge in [0, 0.05) is 49.1 Å². The molecule has 4 rings (SSSR count). The highest BCUT2D eigenvalue weighted by Crippen LogP contribution is 2.40. The lowest BCUT2D eigenvalue weighted by atomic mass is 9.74. The van der Waals surface area contributed by atoms with Gasteiger partial charge in [0.15, 0.2) is 0 Å². The van der Waals surface area contributed by atoms with Crippen LogP contribution in [0.5, 0.6) is 0 Å². The minimum Gasteiger partial charge on any atom is -0.385 e. The first-order chi connectivity index (χ1) is 18.4. The van der Waals surface area contributed by atoms with Crippen molar-refractivity contribution < 1.29 is 14.7 Å². The molecule has 0 spiro atoms. The Bertz CT molecular complexity index is 921. The molecule has 1 unspecified atom stereocenters. The summed E-state index contributed by atoms with van der Waals surface area (Å²) in [5.41, 5.74) is -0.336. The molecule has 3 fully saturated rings. The van der Waals surface area contributed by atoms with E-state index in [9.17, 15) is 14.7 Å². The Morgan fingerprint density at radius 1 is 1.13 bits per heavy atom. The number of likely N-dealkylation sites (N-methyl/N-ethyl adjacent to an activating group) is 1. The third-order valence-corrected chi connectivity index (χ3v) is 9.05. The molecular weight excluding hydrogens is 500 g/mol. The molecule has 1 aliphatic heterocycles. The summed E-state index contributed by atoms with van der Waals surface area (Å²) in [6, 6.07) is 7.54. The van der Waals surface area contributed by atoms with E-state index in [0.717, 1.165) is 44.2 Å². The van der Waals surface area contributed by atoms with Crippen LogP contribution in [-0.2, 0) is 10.4 Å². The molecule has 1 heterocycles. The average molecular weight is 547 g/mol. The van der Waals surface area contributed by atoms with Crippen LogP contribution >= 0.6 is 11.6 Å². The number of nitrogens with zero attached hydrogens (tertiary/aromatic N) is 1. The molecule has 1 saturated heterocycles. The molecule has 2 aliphatic carbocycles. The van der Waals surface area contributed by atoms with E-state index in [2.05, 4.69) is 16.0 Å². The number of amides is 3. The van der Waals surface area contributed by atoms with E-state index in [4.69, 9.17) is 11.6 Å². The van der Waals surface area contributed by atoms with Gasteiger partial charge in [-0.25, -0.2) is 4.79 Å². The molecule has 1 aromatic carbocycles. The van der Waals surface area contributed by atoms with Crippen molar-refractivity contribution in [1.82, 2.24) is 20.9 Å². The minimum atomic E-state index is -1.12. The molecule has 3 amide bonds. The van der Waals surface area contributed by atoms with Crippen molar-refractivity contribution in [2.24, 2.45) is 17.8 Å². The number of likely N-dealkylation sites (tertiary alicyclic amines) is 1. The molecular formula is C30H47ClN4O3. The molecule has 0 bridgehead atoms. The lowest BCUT2D eigenvalue weighted by Gasteiger charge is -2.43. The van der Waals surface area contributed by atoms with Crippen molar-refractivity contribution >= 4 is 23.5 Å². The van der Waals surface area contributed by atoms with E-state index >= 15 is 0 Å². The molecule has 3 atom stereocenters. The van der Waals surface area contributed by atoms with Gasteiger partial charge >= 0.3 is 6.03 Å². The van der Waals surface area contributed by atoms with E-state index < -0.39 is 5.60 Å². The quantitative estimate of drug-likeness (QED) is 0.283. The van der Waals surface area contributed by atoms with Gasteiger partial charge in [-0.05, 0) is 75.6 Å². The molecule has 212 valence electrons. The number of rotatable bonds is 12. The zero-order valence-electron chi connectivity index (χ0n) is 23.0. The van der Waals surface area contributed by atoms with Gasteiger partial charge < -0.3 is 26.0 Å². The van der Waals surface area contributed by atoms with Crippen LogP contribution in [0.1, 0.15) is 82.6 Å². The molecule has 0 aromatic heterocycles. The van der Waals surface area contributed by atoms with Crippen LogP contribution in [-0.4, -0.2) is 61.2 Å². The Hall–Kier alpha value is -1.83. The molecule has 3 aliphatic rings. The highest BCUT2D eigenvalue weighted by molar-refractivity contribution is 6.30. The summed E-state index contributed by atoms with van der Waals surface area (Å²) in [5, 5.41) is 22.3. The van der Waals surface area contributed by atoms with Gasteiger partial charge in [0.2, 0.25) is 5.91 Å². The van der Waals surface area contributed by atoms with Crippen molar-refractivity contribution in [3.63, 3.8) is 0 Å². The number of carbonyl (C=O) groups excluding carboxylic acids is 2. The molecule has 4 N–H and O–H groups in total. The number of aliphatic hydroxyl groups is 1. The SMILES string of the molecule is CNCC(CC1CCCCC1)NC(=O)N1CCC[C@@H]([C@@](O)(CCCNC(=O)C2CC2)c2cccc(Cl)c2)C1. The monoisotopic (exact) mass is 546 g/mol. The summed E-state index contributed by atoms with van der Waals surface area (Å²) in [4.78, 5) is 27.4. The predicted molar refractivity (Wildman–Crippen MR) is 152 cm³/mol. The van der Waals surface area contributed by atoms with Crippen LogP contribution < -0.4 is 16.0 Å². The smallest absolute Gasteiger partial charge is 0.317 e. The van der Waals surface area contributed by atoms with Crippen LogP contribution in [0.25, 0.3) is 0 Å². The van der Waals surface area contributed by atoms with Crippen molar-refractivity contribution in [3.8, 4) is 0 Å². The zero-order valence-corrected chi connectivity index (χ0v) is 23.8. The van der Waals surface area contributed by atoms with Gasteiger partial charge in [-0.1, -0.05) is 55.8 Å². The average Bonchev–Trinajstić information content (AvgIpc) is 3.77. The summed E-state index contributed by atoms with van der Waals surface area (Å²) >= 11 is 6.33. The fourth-order valence-corrected chi connectivity index (χ4v) is 6.67. The van der Waals surface area contributed by atoms with Crippen LogP contribution in [0, 0.1) is 17.8 Å². The topological polar surface area (TPSA) is 93.7 Å². The van der Waals surface area contributed by atoms with Crippen LogP contribution in [0.4, 0.5) is 4.79 Å². The maximum atomic E-state index is 13.4. The van der Waals surface area contributed by atoms with Crippen molar-refractivity contribution in [3.05, 3.63) is 34.9 Å². The van der Waals surface area contributed by atoms with E-state index in [1.807, 2.05) is 36.2 Å². The Morgan fingerprint density at radius 2 is 1.92 bits per heavy atom. The fraction of sp³-hybridized carbons (Fsp3) is 0.733. The van der Waals surface area contributed by atoms with E-state index in [1.54, 1.807) is 0 Å². The van der Waals surface area contributed by atoms with Gasteiger partial charge in [-0.3, -0.25) is 4.79 Å². The Labute approximate surface area is 233 Å². The second-order valence-corrected chi connectivity index (χ2v) is 12.3. The van der Waals surface area contributed by atoms with Gasteiger partial charge in [0.25, 0.3) is 0 Å². The number of urea groups is 1. The van der Waals surface area contributed by atoms with Crippen LogP contribution in [0.3, 0.4) is 0 Å². The largest absolute Gasteiger partial charge is 0.385 e. The van der Waals surface area contributed by atoms with Gasteiger partial charge in [-0.15, -0.1) is 0 Å². The zero-order chi connectivity index (χ0) is 27.0. The summed E-state index contributed by atoms with van der Waals surface area (Å²) in [6.45, 7) is 2.50. The maximum Gasteiger partial charge on any atom is 0.317 e. The second kappa shape index (κ2) is 14.0. The summed E-state index contributed by atoms with van der Waals surface area (Å²) in [5.74, 6) is 0.878. The standard InChI is InChI=1S/C30H47ClN4O3/c1-32-20-27(18-22-8-3-2-4-9-22)34-29(37)35-17-6-11-25(21-35)30(38,24-10-5-12-26(31)19-24)15-7-16-33-28(36)23-13-14-23/h5,10,12,19,22-23,25,27,32,38H,2-4,6-9,11,13-18,20-21H2,1H3,(H,33,36)(H,34,37)/t25-,27?,30-/m1/s1. The second-order valence-electron chi connectivity index (χ2n) is 11.8. The molecule has 1 aromatic rings. The molecule has 7 nitrogen and oxygen atoms in total. The van der Waals surface area contributed by atoms with Crippen LogP contribution in [0.15, 0.2) is 24.3 Å². The summed E-state index contributed by atoms with van der Waals surface area (Å²) < 4.78 is 0. The maximum absolute atomic E-state index is 13.4. The van der Waals surface area contributed by atoms with E-state index in [-0.39, 0.29) is 29.8 Å². The Morgan fingerprint density at radius 3 is 2.63 bits per heavy atom. The molecule has 2 saturated carbocycles. The third-order valence-electron chi connectivity index (χ3n) is 8.81. The first kappa shape index (κ1) is 29.2. The molecule has 38 heavy (non-hydrogen) atoms. The number of hydrogen-bond donors (Lipinski definition) is 4. The Balaban J connectivity index is 1.40. The number of hydrogen-bond acceptors (Lipinski definition) is 4. The number of carbonyl (C=O) groups is 2.